The minimum absolute atomic E-state index is 0.0226. The molecule has 3 saturated heterocycles. The van der Waals surface area contributed by atoms with Gasteiger partial charge in [0.2, 0.25) is 0 Å². The van der Waals surface area contributed by atoms with E-state index < -0.39 is 48.4 Å². The zero-order valence-corrected chi connectivity index (χ0v) is 28.7. The quantitative estimate of drug-likeness (QED) is 0.216. The number of carbonyl (C=O) groups is 1. The summed E-state index contributed by atoms with van der Waals surface area (Å²) in [7, 11) is 0. The van der Waals surface area contributed by atoms with Crippen LogP contribution in [-0.2, 0) is 0 Å². The molecule has 2 N–H and O–H groups in total. The lowest BCUT2D eigenvalue weighted by Gasteiger charge is -2.31. The van der Waals surface area contributed by atoms with E-state index >= 15 is 13.2 Å². The summed E-state index contributed by atoms with van der Waals surface area (Å²) in [4.78, 5) is 29.8. The number of hydrogen-bond donors (Lipinski definition) is 1. The SMILES string of the molecule is N#Cc1c(N)sc2c(F)ccc(-c3c(Cl)cc4c(N5CCN(C(=O)n6cncn6)CC(F)(F)C5)nc(OC[C@@]56CCCN5C[C@H](F)C6)nc4c3F)c12. The summed E-state index contributed by atoms with van der Waals surface area (Å²) in [6.07, 6.45) is 2.86. The van der Waals surface area contributed by atoms with Crippen LogP contribution in [0.25, 0.3) is 32.1 Å². The lowest BCUT2D eigenvalue weighted by molar-refractivity contribution is -0.00682. The molecule has 12 nitrogen and oxygen atoms in total. The van der Waals surface area contributed by atoms with E-state index in [1.807, 2.05) is 11.0 Å². The summed E-state index contributed by atoms with van der Waals surface area (Å²) in [6.45, 7) is -1.31. The van der Waals surface area contributed by atoms with Crippen molar-refractivity contribution in [2.45, 2.75) is 36.9 Å². The molecule has 0 spiro atoms. The number of thiophene rings is 1. The van der Waals surface area contributed by atoms with E-state index in [0.29, 0.717) is 13.0 Å². The standard InChI is InChI=1S/C33H28ClF5N10O2S/c34-21-8-19-26(25(37)24(21)18-2-3-22(36)27-23(18)20(10-40)28(41)52-27)44-30(51-14-32-4-1-5-48(32)11-17(35)9-32)45-29(19)46-6-7-47(13-33(38,39)12-46)31(50)49-16-42-15-43-49/h2-3,8,15-17H,1,4-7,9,11-14,41H2/t17-,32+/m1/s1. The Bertz CT molecular complexity index is 2290. The number of nitriles is 1. The van der Waals surface area contributed by atoms with Crippen molar-refractivity contribution in [1.82, 2.24) is 34.5 Å². The second-order valence-electron chi connectivity index (χ2n) is 13.2. The number of ether oxygens (including phenoxy) is 1. The largest absolute Gasteiger partial charge is 0.461 e. The first-order valence-electron chi connectivity index (χ1n) is 16.3. The number of rotatable bonds is 5. The van der Waals surface area contributed by atoms with Gasteiger partial charge in [-0.3, -0.25) is 4.90 Å². The Labute approximate surface area is 301 Å². The van der Waals surface area contributed by atoms with E-state index in [1.54, 1.807) is 0 Å². The number of amides is 1. The topological polar surface area (TPSA) is 142 Å². The van der Waals surface area contributed by atoms with Crippen molar-refractivity contribution < 1.29 is 31.5 Å². The fraction of sp³-hybridized carbons (Fsp3) is 0.394. The Morgan fingerprint density at radius 2 is 2.02 bits per heavy atom. The second-order valence-corrected chi connectivity index (χ2v) is 14.7. The summed E-state index contributed by atoms with van der Waals surface area (Å²) in [6, 6.07) is 4.49. The maximum atomic E-state index is 17.0. The number of nitrogens with zero attached hydrogens (tertiary/aromatic N) is 9. The van der Waals surface area contributed by atoms with Crippen LogP contribution in [0.4, 0.5) is 37.6 Å². The summed E-state index contributed by atoms with van der Waals surface area (Å²) >= 11 is 7.59. The number of nitrogens with two attached hydrogens (primary N) is 1. The Kier molecular flexibility index (Phi) is 8.34. The van der Waals surface area contributed by atoms with Gasteiger partial charge in [-0.25, -0.2) is 31.7 Å². The zero-order chi connectivity index (χ0) is 36.5. The number of hydrogen-bond acceptors (Lipinski definition) is 11. The third kappa shape index (κ3) is 5.71. The van der Waals surface area contributed by atoms with Crippen LogP contribution in [0.15, 0.2) is 30.9 Å². The lowest BCUT2D eigenvalue weighted by atomic mass is 9.95. The van der Waals surface area contributed by atoms with Gasteiger partial charge < -0.3 is 20.3 Å². The van der Waals surface area contributed by atoms with Gasteiger partial charge in [0.15, 0.2) is 5.82 Å². The molecule has 3 fully saturated rings. The van der Waals surface area contributed by atoms with Crippen LogP contribution in [0.2, 0.25) is 5.02 Å². The van der Waals surface area contributed by atoms with Gasteiger partial charge in [0.1, 0.15) is 53.7 Å². The molecule has 6 heterocycles. The predicted octanol–water partition coefficient (Wildman–Crippen LogP) is 5.87. The number of nitrogen functional groups attached to an aromatic ring is 1. The summed E-state index contributed by atoms with van der Waals surface area (Å²) in [5.74, 6) is -5.29. The smallest absolute Gasteiger partial charge is 0.346 e. The molecule has 0 bridgehead atoms. The van der Waals surface area contributed by atoms with Crippen LogP contribution in [0.3, 0.4) is 0 Å². The fourth-order valence-electron chi connectivity index (χ4n) is 7.67. The summed E-state index contributed by atoms with van der Waals surface area (Å²) < 4.78 is 84.7. The Morgan fingerprint density at radius 3 is 2.79 bits per heavy atom. The van der Waals surface area contributed by atoms with Gasteiger partial charge in [0.25, 0.3) is 5.92 Å². The van der Waals surface area contributed by atoms with Crippen LogP contribution in [0, 0.1) is 23.0 Å². The second kappa shape index (κ2) is 12.7. The molecule has 3 aliphatic heterocycles. The highest BCUT2D eigenvalue weighted by molar-refractivity contribution is 7.23. The van der Waals surface area contributed by atoms with Gasteiger partial charge in [-0.15, -0.1) is 11.3 Å². The number of alkyl halides is 3. The fourth-order valence-corrected chi connectivity index (χ4v) is 8.92. The number of benzene rings is 2. The zero-order valence-electron chi connectivity index (χ0n) is 27.1. The van der Waals surface area contributed by atoms with Crippen LogP contribution < -0.4 is 15.4 Å². The van der Waals surface area contributed by atoms with Crippen molar-refractivity contribution in [2.75, 3.05) is 56.5 Å². The van der Waals surface area contributed by atoms with Crippen LogP contribution in [0.5, 0.6) is 6.01 Å². The van der Waals surface area contributed by atoms with Crippen LogP contribution >= 0.6 is 22.9 Å². The van der Waals surface area contributed by atoms with Crippen molar-refractivity contribution >= 4 is 60.8 Å². The molecule has 1 amide bonds. The minimum Gasteiger partial charge on any atom is -0.461 e. The Balaban J connectivity index is 1.26. The molecule has 52 heavy (non-hydrogen) atoms. The first kappa shape index (κ1) is 34.2. The molecular weight excluding hydrogens is 731 g/mol. The van der Waals surface area contributed by atoms with Crippen molar-refractivity contribution in [1.29, 1.82) is 5.26 Å². The molecule has 270 valence electrons. The van der Waals surface area contributed by atoms with Gasteiger partial charge in [0, 0.05) is 42.4 Å². The van der Waals surface area contributed by atoms with Gasteiger partial charge in [0.05, 0.1) is 33.9 Å². The molecule has 5 aromatic rings. The van der Waals surface area contributed by atoms with E-state index in [1.165, 1.54) is 17.0 Å². The van der Waals surface area contributed by atoms with E-state index in [-0.39, 0.29) is 92.2 Å². The molecular formula is C33H28ClF5N10O2S. The molecule has 0 saturated carbocycles. The highest BCUT2D eigenvalue weighted by Gasteiger charge is 2.49. The van der Waals surface area contributed by atoms with Gasteiger partial charge in [-0.05, 0) is 37.1 Å². The molecule has 3 aliphatic rings. The number of fused-ring (bicyclic) bond motifs is 3. The maximum Gasteiger partial charge on any atom is 0.346 e. The van der Waals surface area contributed by atoms with Gasteiger partial charge in [-0.2, -0.15) is 25.0 Å². The Hall–Kier alpha value is -4.86. The van der Waals surface area contributed by atoms with Crippen molar-refractivity contribution in [3.05, 3.63) is 53.1 Å². The highest BCUT2D eigenvalue weighted by Crippen LogP contribution is 2.46. The van der Waals surface area contributed by atoms with E-state index in [2.05, 4.69) is 20.1 Å². The highest BCUT2D eigenvalue weighted by atomic mass is 35.5. The third-order valence-electron chi connectivity index (χ3n) is 9.94. The molecule has 0 unspecified atom stereocenters. The average Bonchev–Trinajstić information content (AvgIpc) is 3.88. The van der Waals surface area contributed by atoms with E-state index in [4.69, 9.17) is 22.1 Å². The molecule has 8 rings (SSSR count). The third-order valence-corrected chi connectivity index (χ3v) is 11.3. The molecule has 3 aromatic heterocycles. The molecule has 19 heteroatoms. The molecule has 2 atom stereocenters. The normalized spacial score (nSPS) is 21.8. The number of carbonyl (C=O) groups excluding carboxylic acids is 1. The van der Waals surface area contributed by atoms with Crippen molar-refractivity contribution in [3.63, 3.8) is 0 Å². The molecule has 0 aliphatic carbocycles. The lowest BCUT2D eigenvalue weighted by Crippen LogP contribution is -2.44. The van der Waals surface area contributed by atoms with Crippen molar-refractivity contribution in [2.24, 2.45) is 0 Å². The first-order chi connectivity index (χ1) is 24.9. The monoisotopic (exact) mass is 758 g/mol. The minimum atomic E-state index is -3.47. The van der Waals surface area contributed by atoms with Gasteiger partial charge >= 0.3 is 12.0 Å². The number of anilines is 2. The van der Waals surface area contributed by atoms with Crippen LogP contribution in [0.1, 0.15) is 24.8 Å². The first-order valence-corrected chi connectivity index (χ1v) is 17.5. The predicted molar refractivity (Wildman–Crippen MR) is 183 cm³/mol. The molecule has 2 aromatic carbocycles. The van der Waals surface area contributed by atoms with E-state index in [0.717, 1.165) is 46.1 Å². The van der Waals surface area contributed by atoms with Crippen molar-refractivity contribution in [3.8, 4) is 23.2 Å². The van der Waals surface area contributed by atoms with Gasteiger partial charge in [-0.1, -0.05) is 17.7 Å². The van der Waals surface area contributed by atoms with Crippen LogP contribution in [-0.4, -0.2) is 104 Å². The average molecular weight is 759 g/mol. The maximum absolute atomic E-state index is 17.0. The van der Waals surface area contributed by atoms with E-state index in [9.17, 15) is 18.8 Å². The molecule has 0 radical (unpaired) electrons. The Morgan fingerprint density at radius 1 is 1.19 bits per heavy atom. The summed E-state index contributed by atoms with van der Waals surface area (Å²) in [5.41, 5.74) is 4.82. The number of aromatic nitrogens is 5. The number of halogens is 6. The summed E-state index contributed by atoms with van der Waals surface area (Å²) in [5, 5.41) is 13.5.